The van der Waals surface area contributed by atoms with Gasteiger partial charge in [-0.2, -0.15) is 4.98 Å². The summed E-state index contributed by atoms with van der Waals surface area (Å²) in [5.41, 5.74) is 2.76. The maximum atomic E-state index is 11.8. The topological polar surface area (TPSA) is 74.5 Å². The van der Waals surface area contributed by atoms with E-state index in [1.165, 1.54) is 6.08 Å². The summed E-state index contributed by atoms with van der Waals surface area (Å²) in [7, 11) is 1.59. The van der Waals surface area contributed by atoms with Crippen LogP contribution in [0.15, 0.2) is 59.1 Å². The number of ether oxygens (including phenoxy) is 2. The molecular weight excluding hydrogens is 332 g/mol. The summed E-state index contributed by atoms with van der Waals surface area (Å²) in [4.78, 5) is 16.1. The molecule has 0 atom stereocenters. The minimum absolute atomic E-state index is 0.0832. The average Bonchev–Trinajstić information content (AvgIpc) is 3.14. The Morgan fingerprint density at radius 2 is 2.04 bits per heavy atom. The predicted molar refractivity (Wildman–Crippen MR) is 96.3 cm³/mol. The molecule has 6 heteroatoms. The molecule has 0 amide bonds. The zero-order valence-corrected chi connectivity index (χ0v) is 14.5. The molecule has 0 bridgehead atoms. The summed E-state index contributed by atoms with van der Waals surface area (Å²) in [5, 5.41) is 3.93. The maximum Gasteiger partial charge on any atom is 0.331 e. The molecule has 0 fully saturated rings. The van der Waals surface area contributed by atoms with E-state index in [0.29, 0.717) is 5.82 Å². The Morgan fingerprint density at radius 3 is 2.85 bits per heavy atom. The van der Waals surface area contributed by atoms with Gasteiger partial charge >= 0.3 is 5.97 Å². The first-order chi connectivity index (χ1) is 12.7. The summed E-state index contributed by atoms with van der Waals surface area (Å²) in [6, 6.07) is 15.1. The minimum atomic E-state index is -0.497. The first kappa shape index (κ1) is 17.4. The second-order valence-corrected chi connectivity index (χ2v) is 5.54. The predicted octanol–water partition coefficient (Wildman–Crippen LogP) is 3.81. The molecule has 0 aliphatic heterocycles. The number of esters is 1. The summed E-state index contributed by atoms with van der Waals surface area (Å²) in [5.74, 6) is 0.936. The van der Waals surface area contributed by atoms with Crippen molar-refractivity contribution in [3.05, 3.63) is 71.6 Å². The number of carbonyl (C=O) groups excluding carboxylic acids is 1. The normalized spacial score (nSPS) is 10.8. The van der Waals surface area contributed by atoms with Crippen molar-refractivity contribution in [3.8, 4) is 17.1 Å². The third-order valence-corrected chi connectivity index (χ3v) is 3.70. The van der Waals surface area contributed by atoms with E-state index in [2.05, 4.69) is 10.1 Å². The van der Waals surface area contributed by atoms with Gasteiger partial charge in [0.05, 0.1) is 7.11 Å². The van der Waals surface area contributed by atoms with Crippen molar-refractivity contribution in [2.24, 2.45) is 0 Å². The molecule has 0 spiro atoms. The van der Waals surface area contributed by atoms with Gasteiger partial charge in [0, 0.05) is 11.6 Å². The van der Waals surface area contributed by atoms with Gasteiger partial charge in [0.25, 0.3) is 5.89 Å². The van der Waals surface area contributed by atoms with Crippen molar-refractivity contribution in [1.82, 2.24) is 10.1 Å². The van der Waals surface area contributed by atoms with Gasteiger partial charge in [0.2, 0.25) is 5.82 Å². The van der Waals surface area contributed by atoms with Crippen LogP contribution in [0.25, 0.3) is 17.5 Å². The van der Waals surface area contributed by atoms with E-state index >= 15 is 0 Å². The number of aryl methyl sites for hydroxylation is 1. The third-order valence-electron chi connectivity index (χ3n) is 3.70. The van der Waals surface area contributed by atoms with E-state index < -0.39 is 5.97 Å². The molecule has 26 heavy (non-hydrogen) atoms. The van der Waals surface area contributed by atoms with Crippen LogP contribution >= 0.6 is 0 Å². The van der Waals surface area contributed by atoms with Crippen LogP contribution in [-0.2, 0) is 16.1 Å². The lowest BCUT2D eigenvalue weighted by molar-refractivity contribution is -0.139. The summed E-state index contributed by atoms with van der Waals surface area (Å²) >= 11 is 0. The van der Waals surface area contributed by atoms with Crippen molar-refractivity contribution in [3.63, 3.8) is 0 Å². The highest BCUT2D eigenvalue weighted by atomic mass is 16.6. The molecule has 1 aromatic heterocycles. The second-order valence-electron chi connectivity index (χ2n) is 5.54. The van der Waals surface area contributed by atoms with Crippen LogP contribution in [0.1, 0.15) is 17.0 Å². The minimum Gasteiger partial charge on any atom is -0.497 e. The molecule has 0 unspecified atom stereocenters. The number of aromatic nitrogens is 2. The Hall–Kier alpha value is -3.41. The van der Waals surface area contributed by atoms with Gasteiger partial charge < -0.3 is 14.0 Å². The molecule has 0 N–H and O–H groups in total. The molecule has 132 valence electrons. The first-order valence-electron chi connectivity index (χ1n) is 8.03. The molecule has 2 aromatic carbocycles. The SMILES string of the molecule is COc1cccc(/C=C/C(=O)OCc2nc(-c3ccccc3C)no2)c1. The number of nitrogens with zero attached hydrogens (tertiary/aromatic N) is 2. The van der Waals surface area contributed by atoms with Crippen LogP contribution in [0.5, 0.6) is 5.75 Å². The van der Waals surface area contributed by atoms with E-state index in [0.717, 1.165) is 22.4 Å². The van der Waals surface area contributed by atoms with Gasteiger partial charge in [-0.3, -0.25) is 0 Å². The zero-order valence-electron chi connectivity index (χ0n) is 14.5. The molecule has 0 aliphatic carbocycles. The van der Waals surface area contributed by atoms with E-state index in [-0.39, 0.29) is 12.5 Å². The lowest BCUT2D eigenvalue weighted by atomic mass is 10.1. The summed E-state index contributed by atoms with van der Waals surface area (Å²) < 4.78 is 15.4. The number of benzene rings is 2. The molecule has 0 aliphatic rings. The molecule has 3 rings (SSSR count). The van der Waals surface area contributed by atoms with Crippen LogP contribution in [0.2, 0.25) is 0 Å². The van der Waals surface area contributed by atoms with Gasteiger partial charge in [-0.05, 0) is 36.3 Å². The number of methoxy groups -OCH3 is 1. The quantitative estimate of drug-likeness (QED) is 0.497. The summed E-state index contributed by atoms with van der Waals surface area (Å²) in [6.07, 6.45) is 2.99. The summed E-state index contributed by atoms with van der Waals surface area (Å²) in [6.45, 7) is 1.88. The fourth-order valence-electron chi connectivity index (χ4n) is 2.34. The van der Waals surface area contributed by atoms with Crippen molar-refractivity contribution in [2.75, 3.05) is 7.11 Å². The first-order valence-corrected chi connectivity index (χ1v) is 8.03. The Labute approximate surface area is 151 Å². The number of hydrogen-bond acceptors (Lipinski definition) is 6. The lowest BCUT2D eigenvalue weighted by Crippen LogP contribution is -2.01. The van der Waals surface area contributed by atoms with Crippen LogP contribution in [0, 0.1) is 6.92 Å². The van der Waals surface area contributed by atoms with Crippen LogP contribution in [-0.4, -0.2) is 23.2 Å². The third kappa shape index (κ3) is 4.36. The van der Waals surface area contributed by atoms with Gasteiger partial charge in [0.1, 0.15) is 5.75 Å². The van der Waals surface area contributed by atoms with E-state index in [4.69, 9.17) is 14.0 Å². The molecule has 0 saturated carbocycles. The Bertz CT molecular complexity index is 931. The molecule has 1 heterocycles. The Kier molecular flexibility index (Phi) is 5.43. The van der Waals surface area contributed by atoms with Crippen molar-refractivity contribution < 1.29 is 18.8 Å². The fourth-order valence-corrected chi connectivity index (χ4v) is 2.34. The van der Waals surface area contributed by atoms with Gasteiger partial charge in [-0.1, -0.05) is 41.6 Å². The molecular formula is C20H18N2O4. The molecule has 3 aromatic rings. The average molecular weight is 350 g/mol. The van der Waals surface area contributed by atoms with Crippen molar-refractivity contribution in [1.29, 1.82) is 0 Å². The van der Waals surface area contributed by atoms with E-state index in [1.54, 1.807) is 13.2 Å². The molecule has 0 saturated heterocycles. The number of hydrogen-bond donors (Lipinski definition) is 0. The lowest BCUT2D eigenvalue weighted by Gasteiger charge is -2.00. The molecule has 0 radical (unpaired) electrons. The van der Waals surface area contributed by atoms with E-state index in [9.17, 15) is 4.79 Å². The van der Waals surface area contributed by atoms with Gasteiger partial charge in [0.15, 0.2) is 6.61 Å². The van der Waals surface area contributed by atoms with Crippen LogP contribution in [0.3, 0.4) is 0 Å². The Balaban J connectivity index is 1.58. The number of rotatable bonds is 6. The second kappa shape index (κ2) is 8.11. The van der Waals surface area contributed by atoms with Crippen molar-refractivity contribution in [2.45, 2.75) is 13.5 Å². The standard InChI is InChI=1S/C20H18N2O4/c1-14-6-3-4-9-17(14)20-21-18(26-22-20)13-25-19(23)11-10-15-7-5-8-16(12-15)24-2/h3-12H,13H2,1-2H3/b11-10+. The Morgan fingerprint density at radius 1 is 1.19 bits per heavy atom. The van der Waals surface area contributed by atoms with Gasteiger partial charge in [-0.15, -0.1) is 0 Å². The zero-order chi connectivity index (χ0) is 18.4. The highest BCUT2D eigenvalue weighted by Gasteiger charge is 2.11. The fraction of sp³-hybridized carbons (Fsp3) is 0.150. The van der Waals surface area contributed by atoms with Gasteiger partial charge in [-0.25, -0.2) is 4.79 Å². The monoisotopic (exact) mass is 350 g/mol. The van der Waals surface area contributed by atoms with Crippen molar-refractivity contribution >= 4 is 12.0 Å². The maximum absolute atomic E-state index is 11.8. The molecule has 6 nitrogen and oxygen atoms in total. The van der Waals surface area contributed by atoms with E-state index in [1.807, 2.05) is 55.5 Å². The number of carbonyl (C=O) groups is 1. The highest BCUT2D eigenvalue weighted by molar-refractivity contribution is 5.87. The largest absolute Gasteiger partial charge is 0.497 e. The van der Waals surface area contributed by atoms with Crippen LogP contribution in [0.4, 0.5) is 0 Å². The van der Waals surface area contributed by atoms with Crippen LogP contribution < -0.4 is 4.74 Å². The smallest absolute Gasteiger partial charge is 0.331 e. The highest BCUT2D eigenvalue weighted by Crippen LogP contribution is 2.20.